The molecule has 25 heavy (non-hydrogen) atoms. The van der Waals surface area contributed by atoms with Crippen molar-refractivity contribution in [3.05, 3.63) is 64.8 Å². The number of rotatable bonds is 5. The highest BCUT2D eigenvalue weighted by atomic mass is 32.2. The Hall–Kier alpha value is -2.64. The average molecular weight is 359 g/mol. The monoisotopic (exact) mass is 359 g/mol. The molecule has 0 radical (unpaired) electrons. The lowest BCUT2D eigenvalue weighted by Gasteiger charge is -2.08. The summed E-state index contributed by atoms with van der Waals surface area (Å²) >= 11 is 0.867. The molecule has 1 aliphatic rings. The third kappa shape index (κ3) is 3.89. The zero-order valence-electron chi connectivity index (χ0n) is 13.3. The van der Waals surface area contributed by atoms with Crippen LogP contribution in [0.5, 0.6) is 11.5 Å². The van der Waals surface area contributed by atoms with Gasteiger partial charge in [-0.05, 0) is 47.7 Å². The Morgan fingerprint density at radius 3 is 2.64 bits per heavy atom. The third-order valence-corrected chi connectivity index (χ3v) is 4.39. The fourth-order valence-electron chi connectivity index (χ4n) is 2.31. The van der Waals surface area contributed by atoms with E-state index < -0.39 is 5.82 Å². The summed E-state index contributed by atoms with van der Waals surface area (Å²) in [7, 11) is 0. The summed E-state index contributed by atoms with van der Waals surface area (Å²) < 4.78 is 19.5. The van der Waals surface area contributed by atoms with Crippen LogP contribution in [-0.4, -0.2) is 29.1 Å². The highest BCUT2D eigenvalue weighted by Gasteiger charge is 2.34. The normalized spacial score (nSPS) is 15.9. The minimum Gasteiger partial charge on any atom is -0.454 e. The topological polar surface area (TPSA) is 74.2 Å². The van der Waals surface area contributed by atoms with Crippen molar-refractivity contribution in [2.24, 2.45) is 0 Å². The maximum Gasteiger partial charge on any atom is 0.293 e. The van der Waals surface area contributed by atoms with E-state index in [4.69, 9.17) is 4.74 Å². The zero-order valence-corrected chi connectivity index (χ0v) is 14.1. The van der Waals surface area contributed by atoms with Gasteiger partial charge in [0.25, 0.3) is 11.1 Å². The van der Waals surface area contributed by atoms with E-state index in [1.807, 2.05) is 6.07 Å². The molecular weight excluding hydrogens is 343 g/mol. The summed E-state index contributed by atoms with van der Waals surface area (Å²) in [5.41, 5.74) is 4.23. The average Bonchev–Trinajstić information content (AvgIpc) is 2.87. The molecule has 0 spiro atoms. The van der Waals surface area contributed by atoms with Gasteiger partial charge < -0.3 is 10.5 Å². The second-order valence-corrected chi connectivity index (χ2v) is 6.29. The number of para-hydroxylation sites is 1. The number of carbonyl (C=O) groups excluding carboxylic acids is 2. The molecule has 3 N–H and O–H groups in total. The van der Waals surface area contributed by atoms with Gasteiger partial charge in [-0.2, -0.15) is 0 Å². The van der Waals surface area contributed by atoms with Gasteiger partial charge in [-0.3, -0.25) is 14.5 Å². The number of imide groups is 1. The summed E-state index contributed by atoms with van der Waals surface area (Å²) in [4.78, 5) is 25.6. The molecule has 2 aromatic rings. The van der Waals surface area contributed by atoms with Gasteiger partial charge in [-0.25, -0.2) is 4.39 Å². The lowest BCUT2D eigenvalue weighted by Crippen LogP contribution is -2.55. The van der Waals surface area contributed by atoms with Gasteiger partial charge in [0.2, 0.25) is 0 Å². The third-order valence-electron chi connectivity index (χ3n) is 3.48. The van der Waals surface area contributed by atoms with E-state index in [9.17, 15) is 14.0 Å². The minimum atomic E-state index is -0.508. The van der Waals surface area contributed by atoms with E-state index in [0.717, 1.165) is 16.7 Å². The van der Waals surface area contributed by atoms with Crippen LogP contribution in [-0.2, 0) is 4.79 Å². The van der Waals surface area contributed by atoms with Gasteiger partial charge in [0, 0.05) is 0 Å². The van der Waals surface area contributed by atoms with Crippen molar-refractivity contribution in [3.63, 3.8) is 0 Å². The molecular formula is C18H16FN2O3S+. The second kappa shape index (κ2) is 7.50. The number of quaternary nitrogens is 1. The van der Waals surface area contributed by atoms with Gasteiger partial charge in [-0.1, -0.05) is 24.3 Å². The number of nitrogens with zero attached hydrogens (tertiary/aromatic N) is 1. The predicted molar refractivity (Wildman–Crippen MR) is 93.3 cm³/mol. The lowest BCUT2D eigenvalue weighted by atomic mass is 10.2. The number of halogens is 1. The molecule has 1 saturated heterocycles. The van der Waals surface area contributed by atoms with Gasteiger partial charge in [-0.15, -0.1) is 0 Å². The van der Waals surface area contributed by atoms with Crippen LogP contribution in [0.1, 0.15) is 5.56 Å². The van der Waals surface area contributed by atoms with Crippen LogP contribution in [0.4, 0.5) is 9.18 Å². The number of carbonyl (C=O) groups is 2. The number of benzene rings is 2. The van der Waals surface area contributed by atoms with Crippen LogP contribution in [0.25, 0.3) is 6.08 Å². The molecule has 1 aliphatic heterocycles. The number of ether oxygens (including phenoxy) is 1. The molecule has 5 nitrogen and oxygen atoms in total. The van der Waals surface area contributed by atoms with Gasteiger partial charge >= 0.3 is 0 Å². The Balaban J connectivity index is 1.85. The smallest absolute Gasteiger partial charge is 0.293 e. The Bertz CT molecular complexity index is 839. The van der Waals surface area contributed by atoms with Crippen LogP contribution < -0.4 is 10.5 Å². The molecule has 2 aromatic carbocycles. The number of thioether (sulfide) groups is 1. The Kier molecular flexibility index (Phi) is 5.16. The highest BCUT2D eigenvalue weighted by Crippen LogP contribution is 2.33. The van der Waals surface area contributed by atoms with Gasteiger partial charge in [0.1, 0.15) is 5.75 Å². The minimum absolute atomic E-state index is 0.0527. The zero-order chi connectivity index (χ0) is 17.8. The fourth-order valence-corrected chi connectivity index (χ4v) is 3.17. The Morgan fingerprint density at radius 2 is 1.92 bits per heavy atom. The second-order valence-electron chi connectivity index (χ2n) is 5.29. The maximum absolute atomic E-state index is 14.0. The molecule has 0 unspecified atom stereocenters. The molecule has 128 valence electrons. The number of hydrogen-bond acceptors (Lipinski definition) is 4. The predicted octanol–water partition coefficient (Wildman–Crippen LogP) is 2.90. The van der Waals surface area contributed by atoms with E-state index in [0.29, 0.717) is 22.8 Å². The van der Waals surface area contributed by atoms with Crippen LogP contribution >= 0.6 is 11.8 Å². The van der Waals surface area contributed by atoms with Crippen molar-refractivity contribution >= 4 is 29.0 Å². The van der Waals surface area contributed by atoms with Crippen molar-refractivity contribution in [3.8, 4) is 11.5 Å². The first kappa shape index (κ1) is 17.2. The van der Waals surface area contributed by atoms with E-state index in [1.165, 1.54) is 18.2 Å². The van der Waals surface area contributed by atoms with Crippen molar-refractivity contribution < 1.29 is 24.5 Å². The molecule has 3 rings (SSSR count). The van der Waals surface area contributed by atoms with E-state index in [-0.39, 0.29) is 23.4 Å². The van der Waals surface area contributed by atoms with Crippen LogP contribution in [0, 0.1) is 5.82 Å². The van der Waals surface area contributed by atoms with E-state index >= 15 is 0 Å². The summed E-state index contributed by atoms with van der Waals surface area (Å²) in [6, 6.07) is 13.1. The van der Waals surface area contributed by atoms with Crippen LogP contribution in [0.3, 0.4) is 0 Å². The molecule has 0 bridgehead atoms. The molecule has 0 atom stereocenters. The van der Waals surface area contributed by atoms with E-state index in [1.54, 1.807) is 30.3 Å². The molecule has 2 amide bonds. The van der Waals surface area contributed by atoms with Crippen LogP contribution in [0.15, 0.2) is 53.4 Å². The fraction of sp³-hybridized carbons (Fsp3) is 0.111. The van der Waals surface area contributed by atoms with Crippen molar-refractivity contribution in [2.75, 3.05) is 13.1 Å². The number of amides is 2. The van der Waals surface area contributed by atoms with E-state index in [2.05, 4.69) is 5.73 Å². The van der Waals surface area contributed by atoms with Crippen molar-refractivity contribution in [2.45, 2.75) is 0 Å². The van der Waals surface area contributed by atoms with Gasteiger partial charge in [0.05, 0.1) is 18.0 Å². The molecule has 0 aromatic heterocycles. The Labute approximate surface area is 148 Å². The first-order valence-electron chi connectivity index (χ1n) is 7.65. The van der Waals surface area contributed by atoms with Crippen molar-refractivity contribution in [1.82, 2.24) is 4.90 Å². The first-order chi connectivity index (χ1) is 12.1. The summed E-state index contributed by atoms with van der Waals surface area (Å²) in [5, 5.41) is -0.317. The quantitative estimate of drug-likeness (QED) is 0.833. The summed E-state index contributed by atoms with van der Waals surface area (Å²) in [5.74, 6) is -0.300. The lowest BCUT2D eigenvalue weighted by molar-refractivity contribution is -0.367. The van der Waals surface area contributed by atoms with Crippen molar-refractivity contribution in [1.29, 1.82) is 0 Å². The van der Waals surface area contributed by atoms with Crippen LogP contribution in [0.2, 0.25) is 0 Å². The standard InChI is InChI=1S/C18H15FN2O3S/c19-14-7-6-12(10-15(14)24-13-4-2-1-3-5-13)11-16-17(22)21(9-8-20)18(23)25-16/h1-7,10-11H,8-9,20H2/p+1/b16-11+. The molecule has 7 heteroatoms. The molecule has 0 aliphatic carbocycles. The maximum atomic E-state index is 14.0. The first-order valence-corrected chi connectivity index (χ1v) is 8.47. The van der Waals surface area contributed by atoms with Gasteiger partial charge in [0.15, 0.2) is 11.6 Å². The molecule has 1 heterocycles. The largest absolute Gasteiger partial charge is 0.454 e. The molecule has 0 saturated carbocycles. The molecule has 1 fully saturated rings. The highest BCUT2D eigenvalue weighted by molar-refractivity contribution is 8.18. The summed E-state index contributed by atoms with van der Waals surface area (Å²) in [6.07, 6.45) is 1.56. The Morgan fingerprint density at radius 1 is 1.16 bits per heavy atom. The number of hydrogen-bond donors (Lipinski definition) is 1. The SMILES string of the molecule is [NH3+]CCN1C(=O)S/C(=C/c2ccc(F)c(Oc3ccccc3)c2)C1=O. The summed E-state index contributed by atoms with van der Waals surface area (Å²) in [6.45, 7) is 0.741.